The lowest BCUT2D eigenvalue weighted by Crippen LogP contribution is -2.48. The fraction of sp³-hybridized carbons (Fsp3) is 0.571. The van der Waals surface area contributed by atoms with E-state index in [4.69, 9.17) is 0 Å². The van der Waals surface area contributed by atoms with Crippen molar-refractivity contribution < 1.29 is 12.8 Å². The molecule has 20 heavy (non-hydrogen) atoms. The molecule has 2 rings (SSSR count). The van der Waals surface area contributed by atoms with Crippen LogP contribution in [0.1, 0.15) is 31.7 Å². The summed E-state index contributed by atoms with van der Waals surface area (Å²) < 4.78 is 41.9. The van der Waals surface area contributed by atoms with Crippen molar-refractivity contribution in [3.8, 4) is 0 Å². The molecule has 4 nitrogen and oxygen atoms in total. The SMILES string of the molecule is C[C@H]1CCCCN1S(=O)(=O)NCCc1ccccc1F. The Morgan fingerprint density at radius 1 is 1.35 bits per heavy atom. The number of nitrogens with one attached hydrogen (secondary N) is 1. The van der Waals surface area contributed by atoms with E-state index in [9.17, 15) is 12.8 Å². The Labute approximate surface area is 120 Å². The van der Waals surface area contributed by atoms with E-state index >= 15 is 0 Å². The van der Waals surface area contributed by atoms with Crippen molar-refractivity contribution in [2.24, 2.45) is 0 Å². The van der Waals surface area contributed by atoms with Crippen LogP contribution in [-0.4, -0.2) is 31.9 Å². The van der Waals surface area contributed by atoms with Crippen molar-refractivity contribution in [3.63, 3.8) is 0 Å². The van der Waals surface area contributed by atoms with Gasteiger partial charge in [-0.25, -0.2) is 9.11 Å². The number of benzene rings is 1. The van der Waals surface area contributed by atoms with Gasteiger partial charge in [0.2, 0.25) is 0 Å². The summed E-state index contributed by atoms with van der Waals surface area (Å²) in [6, 6.07) is 6.47. The minimum atomic E-state index is -3.45. The fourth-order valence-corrected chi connectivity index (χ4v) is 4.00. The van der Waals surface area contributed by atoms with Gasteiger partial charge >= 0.3 is 0 Å². The molecule has 1 fully saturated rings. The molecule has 1 aliphatic heterocycles. The van der Waals surface area contributed by atoms with Crippen LogP contribution in [0.25, 0.3) is 0 Å². The highest BCUT2D eigenvalue weighted by atomic mass is 32.2. The summed E-state index contributed by atoms with van der Waals surface area (Å²) in [5, 5.41) is 0. The van der Waals surface area contributed by atoms with Gasteiger partial charge in [0.05, 0.1) is 0 Å². The highest BCUT2D eigenvalue weighted by Gasteiger charge is 2.28. The minimum absolute atomic E-state index is 0.0368. The molecule has 0 radical (unpaired) electrons. The third-order valence-corrected chi connectivity index (χ3v) is 5.42. The summed E-state index contributed by atoms with van der Waals surface area (Å²) in [5.74, 6) is -0.293. The lowest BCUT2D eigenvalue weighted by atomic mass is 10.1. The van der Waals surface area contributed by atoms with E-state index in [-0.39, 0.29) is 18.4 Å². The van der Waals surface area contributed by atoms with Gasteiger partial charge in [0, 0.05) is 19.1 Å². The summed E-state index contributed by atoms with van der Waals surface area (Å²) in [4.78, 5) is 0. The highest BCUT2D eigenvalue weighted by Crippen LogP contribution is 2.19. The predicted molar refractivity (Wildman–Crippen MR) is 77.0 cm³/mol. The molecule has 0 bridgehead atoms. The molecule has 1 N–H and O–H groups in total. The Kier molecular flexibility index (Phi) is 5.12. The number of hydrogen-bond donors (Lipinski definition) is 1. The zero-order valence-corrected chi connectivity index (χ0v) is 12.5. The highest BCUT2D eigenvalue weighted by molar-refractivity contribution is 7.87. The smallest absolute Gasteiger partial charge is 0.207 e. The molecule has 6 heteroatoms. The third-order valence-electron chi connectivity index (χ3n) is 3.69. The maximum absolute atomic E-state index is 13.4. The Hall–Kier alpha value is -0.980. The van der Waals surface area contributed by atoms with Gasteiger partial charge in [0.1, 0.15) is 5.82 Å². The first-order valence-electron chi connectivity index (χ1n) is 7.00. The zero-order chi connectivity index (χ0) is 14.6. The average molecular weight is 300 g/mol. The van der Waals surface area contributed by atoms with Gasteiger partial charge in [0.25, 0.3) is 10.2 Å². The van der Waals surface area contributed by atoms with Crippen LogP contribution in [-0.2, 0) is 16.6 Å². The first-order valence-corrected chi connectivity index (χ1v) is 8.44. The quantitative estimate of drug-likeness (QED) is 0.905. The zero-order valence-electron chi connectivity index (χ0n) is 11.7. The lowest BCUT2D eigenvalue weighted by Gasteiger charge is -2.32. The van der Waals surface area contributed by atoms with Gasteiger partial charge in [-0.3, -0.25) is 0 Å². The number of rotatable bonds is 5. The summed E-state index contributed by atoms with van der Waals surface area (Å²) in [7, 11) is -3.45. The Bertz CT molecular complexity index is 548. The van der Waals surface area contributed by atoms with Crippen LogP contribution in [0, 0.1) is 5.82 Å². The minimum Gasteiger partial charge on any atom is -0.207 e. The van der Waals surface area contributed by atoms with Crippen molar-refractivity contribution in [1.82, 2.24) is 9.03 Å². The first kappa shape index (κ1) is 15.4. The fourth-order valence-electron chi connectivity index (χ4n) is 2.53. The van der Waals surface area contributed by atoms with Crippen molar-refractivity contribution in [1.29, 1.82) is 0 Å². The molecule has 1 saturated heterocycles. The summed E-state index contributed by atoms with van der Waals surface area (Å²) in [6.07, 6.45) is 3.23. The second kappa shape index (κ2) is 6.65. The van der Waals surface area contributed by atoms with E-state index in [1.807, 2.05) is 6.92 Å². The van der Waals surface area contributed by atoms with Gasteiger partial charge in [-0.1, -0.05) is 24.6 Å². The molecule has 0 saturated carbocycles. The number of halogens is 1. The molecular weight excluding hydrogens is 279 g/mol. The first-order chi connectivity index (χ1) is 9.50. The van der Waals surface area contributed by atoms with Crippen LogP contribution in [0.3, 0.4) is 0 Å². The van der Waals surface area contributed by atoms with Crippen LogP contribution in [0.4, 0.5) is 4.39 Å². The molecule has 0 aliphatic carbocycles. The average Bonchev–Trinajstić information content (AvgIpc) is 2.41. The lowest BCUT2D eigenvalue weighted by molar-refractivity contribution is 0.265. The van der Waals surface area contributed by atoms with E-state index in [2.05, 4.69) is 4.72 Å². The van der Waals surface area contributed by atoms with Gasteiger partial charge in [-0.2, -0.15) is 12.7 Å². The number of nitrogens with zero attached hydrogens (tertiary/aromatic N) is 1. The van der Waals surface area contributed by atoms with E-state index in [0.717, 1.165) is 19.3 Å². The summed E-state index contributed by atoms with van der Waals surface area (Å²) in [6.45, 7) is 2.71. The standard InChI is InChI=1S/C14H21FN2O2S/c1-12-6-4-5-11-17(12)20(18,19)16-10-9-13-7-2-3-8-14(13)15/h2-3,7-8,12,16H,4-6,9-11H2,1H3/t12-/m0/s1. The monoisotopic (exact) mass is 300 g/mol. The summed E-state index contributed by atoms with van der Waals surface area (Å²) in [5.41, 5.74) is 0.530. The Balaban J connectivity index is 1.91. The second-order valence-corrected chi connectivity index (χ2v) is 6.90. The Morgan fingerprint density at radius 3 is 2.80 bits per heavy atom. The van der Waals surface area contributed by atoms with Crippen LogP contribution in [0.15, 0.2) is 24.3 Å². The molecule has 1 aromatic carbocycles. The molecule has 0 amide bonds. The van der Waals surface area contributed by atoms with Gasteiger partial charge in [-0.15, -0.1) is 0 Å². The van der Waals surface area contributed by atoms with Crippen LogP contribution < -0.4 is 4.72 Å². The largest absolute Gasteiger partial charge is 0.279 e. The normalized spacial score (nSPS) is 21.0. The third kappa shape index (κ3) is 3.77. The van der Waals surface area contributed by atoms with E-state index < -0.39 is 10.2 Å². The predicted octanol–water partition coefficient (Wildman–Crippen LogP) is 2.08. The number of hydrogen-bond acceptors (Lipinski definition) is 2. The molecule has 0 aromatic heterocycles. The molecule has 1 heterocycles. The Morgan fingerprint density at radius 2 is 2.10 bits per heavy atom. The molecule has 112 valence electrons. The van der Waals surface area contributed by atoms with Crippen LogP contribution >= 0.6 is 0 Å². The van der Waals surface area contributed by atoms with Crippen molar-refractivity contribution in [2.75, 3.05) is 13.1 Å². The molecular formula is C14H21FN2O2S. The van der Waals surface area contributed by atoms with Gasteiger partial charge < -0.3 is 0 Å². The van der Waals surface area contributed by atoms with Crippen molar-refractivity contribution >= 4 is 10.2 Å². The number of piperidine rings is 1. The van der Waals surface area contributed by atoms with Gasteiger partial charge in [-0.05, 0) is 37.8 Å². The molecule has 1 aromatic rings. The molecule has 0 spiro atoms. The van der Waals surface area contributed by atoms with E-state index in [1.54, 1.807) is 18.2 Å². The van der Waals surface area contributed by atoms with Crippen molar-refractivity contribution in [3.05, 3.63) is 35.6 Å². The van der Waals surface area contributed by atoms with Crippen molar-refractivity contribution in [2.45, 2.75) is 38.6 Å². The van der Waals surface area contributed by atoms with Gasteiger partial charge in [0.15, 0.2) is 0 Å². The maximum atomic E-state index is 13.4. The molecule has 0 unspecified atom stereocenters. The van der Waals surface area contributed by atoms with Crippen LogP contribution in [0.2, 0.25) is 0 Å². The van der Waals surface area contributed by atoms with Crippen LogP contribution in [0.5, 0.6) is 0 Å². The summed E-state index contributed by atoms with van der Waals surface area (Å²) >= 11 is 0. The maximum Gasteiger partial charge on any atom is 0.279 e. The van der Waals surface area contributed by atoms with E-state index in [0.29, 0.717) is 18.5 Å². The molecule has 1 atom stereocenters. The topological polar surface area (TPSA) is 49.4 Å². The second-order valence-electron chi connectivity index (χ2n) is 5.20. The molecule has 1 aliphatic rings. The van der Waals surface area contributed by atoms with E-state index in [1.165, 1.54) is 10.4 Å².